The molecule has 0 aliphatic rings. The number of hydrogen-bond acceptors (Lipinski definition) is 2. The van der Waals surface area contributed by atoms with Crippen molar-refractivity contribution in [3.05, 3.63) is 12.7 Å². The van der Waals surface area contributed by atoms with Crippen LogP contribution in [0.4, 0.5) is 0 Å². The highest BCUT2D eigenvalue weighted by molar-refractivity contribution is 5.86. The van der Waals surface area contributed by atoms with Crippen LogP contribution in [-0.4, -0.2) is 25.2 Å². The zero-order valence-corrected chi connectivity index (χ0v) is 9.92. The van der Waals surface area contributed by atoms with E-state index < -0.39 is 0 Å². The fourth-order valence-electron chi connectivity index (χ4n) is 1.18. The van der Waals surface area contributed by atoms with Crippen LogP contribution in [0.5, 0.6) is 0 Å². The van der Waals surface area contributed by atoms with E-state index in [1.165, 1.54) is 6.08 Å². The Morgan fingerprint density at radius 1 is 1.33 bits per heavy atom. The topological polar surface area (TPSA) is 38.3 Å². The molecular formula is C12H23NO2. The Balaban J connectivity index is 3.05. The number of carbonyl (C=O) groups is 1. The van der Waals surface area contributed by atoms with Crippen LogP contribution in [0.1, 0.15) is 39.5 Å². The van der Waals surface area contributed by atoms with E-state index in [1.54, 1.807) is 0 Å². The average Bonchev–Trinajstić information content (AvgIpc) is 2.21. The summed E-state index contributed by atoms with van der Waals surface area (Å²) in [6.45, 7) is 9.07. The van der Waals surface area contributed by atoms with Gasteiger partial charge in [0.1, 0.15) is 0 Å². The molecule has 3 heteroatoms. The molecule has 0 saturated heterocycles. The van der Waals surface area contributed by atoms with E-state index >= 15 is 0 Å². The largest absolute Gasteiger partial charge is 0.379 e. The van der Waals surface area contributed by atoms with Crippen molar-refractivity contribution in [2.45, 2.75) is 45.6 Å². The van der Waals surface area contributed by atoms with E-state index in [-0.39, 0.29) is 5.91 Å². The van der Waals surface area contributed by atoms with E-state index in [1.807, 2.05) is 13.8 Å². The second-order valence-corrected chi connectivity index (χ2v) is 3.83. The maximum atomic E-state index is 10.8. The fraction of sp³-hybridized carbons (Fsp3) is 0.750. The van der Waals surface area contributed by atoms with Gasteiger partial charge in [-0.1, -0.05) is 19.4 Å². The number of hydrogen-bond donors (Lipinski definition) is 1. The van der Waals surface area contributed by atoms with Crippen LogP contribution in [0.2, 0.25) is 0 Å². The van der Waals surface area contributed by atoms with Crippen molar-refractivity contribution in [3.8, 4) is 0 Å². The fourth-order valence-corrected chi connectivity index (χ4v) is 1.18. The first-order chi connectivity index (χ1) is 7.16. The maximum Gasteiger partial charge on any atom is 0.243 e. The Labute approximate surface area is 92.9 Å². The maximum absolute atomic E-state index is 10.8. The van der Waals surface area contributed by atoms with Crippen LogP contribution in [0.15, 0.2) is 12.7 Å². The van der Waals surface area contributed by atoms with E-state index in [9.17, 15) is 4.79 Å². The molecule has 0 bridgehead atoms. The first-order valence-electron chi connectivity index (χ1n) is 5.68. The molecule has 0 aliphatic heterocycles. The summed E-state index contributed by atoms with van der Waals surface area (Å²) in [7, 11) is 0. The van der Waals surface area contributed by atoms with Crippen LogP contribution in [0, 0.1) is 0 Å². The van der Waals surface area contributed by atoms with Gasteiger partial charge >= 0.3 is 0 Å². The van der Waals surface area contributed by atoms with E-state index in [0.29, 0.717) is 6.10 Å². The molecule has 0 radical (unpaired) electrons. The van der Waals surface area contributed by atoms with Gasteiger partial charge < -0.3 is 10.1 Å². The van der Waals surface area contributed by atoms with Crippen LogP contribution in [-0.2, 0) is 9.53 Å². The van der Waals surface area contributed by atoms with Crippen molar-refractivity contribution in [1.82, 2.24) is 5.32 Å². The normalized spacial score (nSPS) is 10.3. The van der Waals surface area contributed by atoms with Crippen molar-refractivity contribution in [1.29, 1.82) is 0 Å². The predicted molar refractivity (Wildman–Crippen MR) is 62.8 cm³/mol. The van der Waals surface area contributed by atoms with Crippen LogP contribution in [0.25, 0.3) is 0 Å². The molecule has 0 rings (SSSR count). The summed E-state index contributed by atoms with van der Waals surface area (Å²) >= 11 is 0. The van der Waals surface area contributed by atoms with Crippen LogP contribution >= 0.6 is 0 Å². The van der Waals surface area contributed by atoms with Crippen LogP contribution < -0.4 is 5.32 Å². The van der Waals surface area contributed by atoms with Gasteiger partial charge in [-0.15, -0.1) is 0 Å². The Morgan fingerprint density at radius 3 is 2.60 bits per heavy atom. The summed E-state index contributed by atoms with van der Waals surface area (Å²) in [4.78, 5) is 10.8. The van der Waals surface area contributed by atoms with Gasteiger partial charge in [0.05, 0.1) is 6.10 Å². The van der Waals surface area contributed by atoms with Crippen molar-refractivity contribution in [2.24, 2.45) is 0 Å². The van der Waals surface area contributed by atoms with Crippen molar-refractivity contribution in [2.75, 3.05) is 13.2 Å². The summed E-state index contributed by atoms with van der Waals surface area (Å²) in [5.41, 5.74) is 0. The predicted octanol–water partition coefficient (Wildman–Crippen LogP) is 2.27. The molecule has 0 saturated carbocycles. The summed E-state index contributed by atoms with van der Waals surface area (Å²) < 4.78 is 5.42. The standard InChI is InChI=1S/C12H23NO2/c1-4-12(14)13-9-7-5-6-8-10-15-11(2)3/h4,11H,1,5-10H2,2-3H3,(H,13,14). The molecule has 0 fully saturated rings. The second-order valence-electron chi connectivity index (χ2n) is 3.83. The van der Waals surface area contributed by atoms with Gasteiger partial charge in [-0.05, 0) is 32.8 Å². The third kappa shape index (κ3) is 11.1. The van der Waals surface area contributed by atoms with E-state index in [2.05, 4.69) is 11.9 Å². The lowest BCUT2D eigenvalue weighted by atomic mass is 10.2. The second kappa shape index (κ2) is 9.71. The monoisotopic (exact) mass is 213 g/mol. The number of ether oxygens (including phenoxy) is 1. The van der Waals surface area contributed by atoms with Gasteiger partial charge in [-0.25, -0.2) is 0 Å². The van der Waals surface area contributed by atoms with Crippen LogP contribution in [0.3, 0.4) is 0 Å². The lowest BCUT2D eigenvalue weighted by Gasteiger charge is -2.06. The lowest BCUT2D eigenvalue weighted by Crippen LogP contribution is -2.21. The minimum absolute atomic E-state index is 0.0851. The first kappa shape index (κ1) is 14.2. The first-order valence-corrected chi connectivity index (χ1v) is 5.68. The molecule has 0 atom stereocenters. The SMILES string of the molecule is C=CC(=O)NCCCCCCOC(C)C. The third-order valence-corrected chi connectivity index (χ3v) is 2.01. The quantitative estimate of drug-likeness (QED) is 0.471. The number of unbranched alkanes of at least 4 members (excludes halogenated alkanes) is 3. The lowest BCUT2D eigenvalue weighted by molar-refractivity contribution is -0.116. The minimum atomic E-state index is -0.0851. The van der Waals surface area contributed by atoms with Gasteiger partial charge in [0, 0.05) is 13.2 Å². The molecule has 0 aliphatic carbocycles. The molecule has 3 nitrogen and oxygen atoms in total. The summed E-state index contributed by atoms with van der Waals surface area (Å²) in [6, 6.07) is 0. The van der Waals surface area contributed by atoms with Gasteiger partial charge in [0.25, 0.3) is 0 Å². The summed E-state index contributed by atoms with van der Waals surface area (Å²) in [6.07, 6.45) is 6.07. The highest BCUT2D eigenvalue weighted by Crippen LogP contribution is 2.00. The third-order valence-electron chi connectivity index (χ3n) is 2.01. The summed E-state index contributed by atoms with van der Waals surface area (Å²) in [5.74, 6) is -0.0851. The zero-order chi connectivity index (χ0) is 11.5. The Morgan fingerprint density at radius 2 is 2.00 bits per heavy atom. The highest BCUT2D eigenvalue weighted by Gasteiger charge is 1.95. The van der Waals surface area contributed by atoms with Crippen molar-refractivity contribution < 1.29 is 9.53 Å². The molecule has 0 aromatic heterocycles. The molecule has 88 valence electrons. The van der Waals surface area contributed by atoms with E-state index in [4.69, 9.17) is 4.74 Å². The Hall–Kier alpha value is -0.830. The minimum Gasteiger partial charge on any atom is -0.379 e. The number of nitrogens with one attached hydrogen (secondary N) is 1. The van der Waals surface area contributed by atoms with Crippen molar-refractivity contribution >= 4 is 5.91 Å². The molecule has 1 amide bonds. The zero-order valence-electron chi connectivity index (χ0n) is 9.92. The molecule has 15 heavy (non-hydrogen) atoms. The molecule has 0 aromatic carbocycles. The van der Waals surface area contributed by atoms with Crippen molar-refractivity contribution in [3.63, 3.8) is 0 Å². The van der Waals surface area contributed by atoms with Gasteiger partial charge in [-0.3, -0.25) is 4.79 Å². The molecular weight excluding hydrogens is 190 g/mol. The molecule has 0 aromatic rings. The molecule has 1 N–H and O–H groups in total. The van der Waals surface area contributed by atoms with Gasteiger partial charge in [0.2, 0.25) is 5.91 Å². The molecule has 0 unspecified atom stereocenters. The molecule has 0 spiro atoms. The number of carbonyl (C=O) groups excluding carboxylic acids is 1. The molecule has 0 heterocycles. The number of rotatable bonds is 9. The van der Waals surface area contributed by atoms with E-state index in [0.717, 1.165) is 38.8 Å². The Bertz CT molecular complexity index is 178. The Kier molecular flexibility index (Phi) is 9.18. The van der Waals surface area contributed by atoms with Gasteiger partial charge in [-0.2, -0.15) is 0 Å². The number of amides is 1. The highest BCUT2D eigenvalue weighted by atomic mass is 16.5. The summed E-state index contributed by atoms with van der Waals surface area (Å²) in [5, 5.41) is 2.75. The average molecular weight is 213 g/mol. The van der Waals surface area contributed by atoms with Gasteiger partial charge in [0.15, 0.2) is 0 Å². The smallest absolute Gasteiger partial charge is 0.243 e.